The van der Waals surface area contributed by atoms with Gasteiger partial charge in [0.05, 0.1) is 11.6 Å². The van der Waals surface area contributed by atoms with Gasteiger partial charge in [0.15, 0.2) is 5.82 Å². The van der Waals surface area contributed by atoms with Crippen LogP contribution in [0.2, 0.25) is 0 Å². The van der Waals surface area contributed by atoms with Gasteiger partial charge in [0.1, 0.15) is 18.2 Å². The summed E-state index contributed by atoms with van der Waals surface area (Å²) in [7, 11) is 1.57. The van der Waals surface area contributed by atoms with Gasteiger partial charge in [-0.3, -0.25) is 0 Å². The maximum absolute atomic E-state index is 9.62. The third-order valence-electron chi connectivity index (χ3n) is 2.56. The smallest absolute Gasteiger partial charge is 0.158 e. The second kappa shape index (κ2) is 5.29. The highest BCUT2D eigenvalue weighted by Gasteiger charge is 2.24. The van der Waals surface area contributed by atoms with Crippen LogP contribution >= 0.6 is 0 Å². The number of rotatable bonds is 5. The van der Waals surface area contributed by atoms with Crippen molar-refractivity contribution in [3.8, 4) is 0 Å². The molecular formula is C11H20N4O2. The number of aliphatic hydroxyl groups excluding tert-OH is 1. The minimum atomic E-state index is -0.524. The van der Waals surface area contributed by atoms with E-state index in [1.807, 2.05) is 13.8 Å². The molecule has 0 saturated carbocycles. The molecule has 0 spiro atoms. The summed E-state index contributed by atoms with van der Waals surface area (Å²) in [5.74, 6) is 1.46. The number of hydrogen-bond donors (Lipinski definition) is 3. The van der Waals surface area contributed by atoms with Crippen molar-refractivity contribution in [1.29, 1.82) is 0 Å². The number of aliphatic hydroxyl groups is 1. The van der Waals surface area contributed by atoms with Crippen LogP contribution in [0.25, 0.3) is 0 Å². The fraction of sp³-hybridized carbons (Fsp3) is 0.636. The zero-order valence-corrected chi connectivity index (χ0v) is 10.7. The molecule has 1 heterocycles. The summed E-state index contributed by atoms with van der Waals surface area (Å²) >= 11 is 0. The van der Waals surface area contributed by atoms with Crippen molar-refractivity contribution in [2.24, 2.45) is 0 Å². The molecule has 17 heavy (non-hydrogen) atoms. The SMILES string of the molecule is COCc1nc(N)cc(NC(C)(C)C(C)O)n1. The Bertz CT molecular complexity index is 380. The van der Waals surface area contributed by atoms with Crippen LogP contribution < -0.4 is 11.1 Å². The molecule has 0 aliphatic rings. The second-order valence-corrected chi connectivity index (χ2v) is 4.55. The van der Waals surface area contributed by atoms with Crippen LogP contribution in [-0.2, 0) is 11.3 Å². The zero-order chi connectivity index (χ0) is 13.1. The Morgan fingerprint density at radius 3 is 2.71 bits per heavy atom. The Morgan fingerprint density at radius 2 is 2.18 bits per heavy atom. The molecule has 1 unspecified atom stereocenters. The van der Waals surface area contributed by atoms with Crippen LogP contribution in [0.15, 0.2) is 6.07 Å². The Labute approximate surface area is 101 Å². The average molecular weight is 240 g/mol. The van der Waals surface area contributed by atoms with Gasteiger partial charge < -0.3 is 20.9 Å². The number of nitrogens with one attached hydrogen (secondary N) is 1. The Hall–Kier alpha value is -1.40. The molecule has 0 radical (unpaired) electrons. The molecule has 96 valence electrons. The van der Waals surface area contributed by atoms with Gasteiger partial charge in [0.25, 0.3) is 0 Å². The van der Waals surface area contributed by atoms with E-state index in [0.29, 0.717) is 24.1 Å². The number of methoxy groups -OCH3 is 1. The normalized spacial score (nSPS) is 13.5. The maximum Gasteiger partial charge on any atom is 0.158 e. The number of anilines is 2. The van der Waals surface area contributed by atoms with E-state index in [1.165, 1.54) is 0 Å². The van der Waals surface area contributed by atoms with E-state index in [0.717, 1.165) is 0 Å². The predicted molar refractivity (Wildman–Crippen MR) is 66.5 cm³/mol. The highest BCUT2D eigenvalue weighted by molar-refractivity contribution is 5.46. The fourth-order valence-electron chi connectivity index (χ4n) is 1.21. The molecule has 0 aliphatic carbocycles. The van der Waals surface area contributed by atoms with E-state index in [-0.39, 0.29) is 0 Å². The lowest BCUT2D eigenvalue weighted by Gasteiger charge is -2.30. The molecule has 1 rings (SSSR count). The van der Waals surface area contributed by atoms with E-state index in [2.05, 4.69) is 15.3 Å². The number of nitrogens with two attached hydrogens (primary N) is 1. The van der Waals surface area contributed by atoms with Crippen molar-refractivity contribution in [3.63, 3.8) is 0 Å². The van der Waals surface area contributed by atoms with Crippen LogP contribution in [0.5, 0.6) is 0 Å². The summed E-state index contributed by atoms with van der Waals surface area (Å²) in [6, 6.07) is 1.63. The average Bonchev–Trinajstić information content (AvgIpc) is 2.15. The number of hydrogen-bond acceptors (Lipinski definition) is 6. The highest BCUT2D eigenvalue weighted by atomic mass is 16.5. The van der Waals surface area contributed by atoms with E-state index in [1.54, 1.807) is 20.1 Å². The number of ether oxygens (including phenoxy) is 1. The molecule has 6 nitrogen and oxygen atoms in total. The lowest BCUT2D eigenvalue weighted by Crippen LogP contribution is -2.42. The summed E-state index contributed by atoms with van der Waals surface area (Å²) in [5, 5.41) is 12.7. The maximum atomic E-state index is 9.62. The van der Waals surface area contributed by atoms with E-state index >= 15 is 0 Å². The zero-order valence-electron chi connectivity index (χ0n) is 10.7. The summed E-state index contributed by atoms with van der Waals surface area (Å²) < 4.78 is 4.96. The monoisotopic (exact) mass is 240 g/mol. The molecule has 0 fully saturated rings. The standard InChI is InChI=1S/C11H20N4O2/c1-7(16)11(2,3)15-9-5-8(12)13-10(14-9)6-17-4/h5,7,16H,6H2,1-4H3,(H3,12,13,14,15). The van der Waals surface area contributed by atoms with Gasteiger partial charge in [-0.2, -0.15) is 0 Å². The number of nitrogen functional groups attached to an aromatic ring is 1. The minimum absolute atomic E-state index is 0.300. The fourth-order valence-corrected chi connectivity index (χ4v) is 1.21. The van der Waals surface area contributed by atoms with Gasteiger partial charge in [-0.25, -0.2) is 9.97 Å². The van der Waals surface area contributed by atoms with Crippen LogP contribution in [0.1, 0.15) is 26.6 Å². The Balaban J connectivity index is 2.91. The first-order valence-electron chi connectivity index (χ1n) is 5.44. The highest BCUT2D eigenvalue weighted by Crippen LogP contribution is 2.18. The van der Waals surface area contributed by atoms with Crippen molar-refractivity contribution < 1.29 is 9.84 Å². The summed E-state index contributed by atoms with van der Waals surface area (Å²) in [6.45, 7) is 5.78. The molecule has 0 saturated heterocycles. The van der Waals surface area contributed by atoms with Gasteiger partial charge in [0.2, 0.25) is 0 Å². The lowest BCUT2D eigenvalue weighted by molar-refractivity contribution is 0.133. The first kappa shape index (κ1) is 13.7. The summed E-state index contributed by atoms with van der Waals surface area (Å²) in [5.41, 5.74) is 5.18. The van der Waals surface area contributed by atoms with Gasteiger partial charge in [-0.05, 0) is 20.8 Å². The first-order valence-corrected chi connectivity index (χ1v) is 5.44. The van der Waals surface area contributed by atoms with Crippen molar-refractivity contribution in [1.82, 2.24) is 9.97 Å². The number of aromatic nitrogens is 2. The largest absolute Gasteiger partial charge is 0.391 e. The van der Waals surface area contributed by atoms with Gasteiger partial charge in [0, 0.05) is 13.2 Å². The predicted octanol–water partition coefficient (Wildman–Crippen LogP) is 0.776. The van der Waals surface area contributed by atoms with E-state index < -0.39 is 11.6 Å². The van der Waals surface area contributed by atoms with Gasteiger partial charge >= 0.3 is 0 Å². The van der Waals surface area contributed by atoms with Crippen LogP contribution in [0, 0.1) is 0 Å². The Morgan fingerprint density at radius 1 is 1.53 bits per heavy atom. The van der Waals surface area contributed by atoms with Gasteiger partial charge in [-0.1, -0.05) is 0 Å². The molecule has 1 aromatic rings. The molecule has 4 N–H and O–H groups in total. The van der Waals surface area contributed by atoms with E-state index in [9.17, 15) is 5.11 Å². The number of nitrogens with zero attached hydrogens (tertiary/aromatic N) is 2. The lowest BCUT2D eigenvalue weighted by atomic mass is 9.99. The molecule has 0 aromatic carbocycles. The van der Waals surface area contributed by atoms with Crippen LogP contribution in [0.4, 0.5) is 11.6 Å². The van der Waals surface area contributed by atoms with Crippen molar-refractivity contribution in [2.45, 2.75) is 39.0 Å². The van der Waals surface area contributed by atoms with Crippen LogP contribution in [-0.4, -0.2) is 33.8 Å². The third kappa shape index (κ3) is 3.83. The molecule has 0 aliphatic heterocycles. The minimum Gasteiger partial charge on any atom is -0.391 e. The van der Waals surface area contributed by atoms with Gasteiger partial charge in [-0.15, -0.1) is 0 Å². The molecule has 6 heteroatoms. The van der Waals surface area contributed by atoms with Crippen LogP contribution in [0.3, 0.4) is 0 Å². The summed E-state index contributed by atoms with van der Waals surface area (Å²) in [4.78, 5) is 8.29. The molecule has 1 aromatic heterocycles. The van der Waals surface area contributed by atoms with Crippen molar-refractivity contribution in [3.05, 3.63) is 11.9 Å². The molecule has 0 amide bonds. The quantitative estimate of drug-likeness (QED) is 0.704. The van der Waals surface area contributed by atoms with E-state index in [4.69, 9.17) is 10.5 Å². The van der Waals surface area contributed by atoms with Crippen molar-refractivity contribution >= 4 is 11.6 Å². The Kier molecular flexibility index (Phi) is 4.25. The van der Waals surface area contributed by atoms with Crippen molar-refractivity contribution in [2.75, 3.05) is 18.2 Å². The first-order chi connectivity index (χ1) is 7.85. The summed E-state index contributed by atoms with van der Waals surface area (Å²) in [6.07, 6.45) is -0.524. The molecule has 1 atom stereocenters. The molecular weight excluding hydrogens is 220 g/mol. The second-order valence-electron chi connectivity index (χ2n) is 4.55. The third-order valence-corrected chi connectivity index (χ3v) is 2.56. The topological polar surface area (TPSA) is 93.3 Å². The molecule has 0 bridgehead atoms.